The summed E-state index contributed by atoms with van der Waals surface area (Å²) in [4.78, 5) is 14.3. The number of benzene rings is 1. The average Bonchev–Trinajstić information content (AvgIpc) is 3.26. The van der Waals surface area contributed by atoms with Gasteiger partial charge in [-0.2, -0.15) is 0 Å². The van der Waals surface area contributed by atoms with Gasteiger partial charge in [-0.15, -0.1) is 5.10 Å². The Morgan fingerprint density at radius 1 is 1.27 bits per heavy atom. The summed E-state index contributed by atoms with van der Waals surface area (Å²) in [6.07, 6.45) is 1.12. The standard InChI is InChI=1S/C18H25N5O3/c1-14-4-6-16(7-5-14)26-13-18(25-3)9-11-22(12-18)17(24)8-10-23-15(2)19-20-21-23/h4-7H,8-13H2,1-3H3/t18-/m1/s1. The summed E-state index contributed by atoms with van der Waals surface area (Å²) in [5, 5.41) is 11.3. The second kappa shape index (κ2) is 7.82. The molecule has 1 atom stereocenters. The Kier molecular flexibility index (Phi) is 5.51. The third-order valence-electron chi connectivity index (χ3n) is 4.87. The highest BCUT2D eigenvalue weighted by atomic mass is 16.5. The van der Waals surface area contributed by atoms with Crippen LogP contribution in [0.3, 0.4) is 0 Å². The molecule has 0 aliphatic carbocycles. The normalized spacial score (nSPS) is 19.7. The Hall–Kier alpha value is -2.48. The second-order valence-electron chi connectivity index (χ2n) is 6.75. The molecule has 1 fully saturated rings. The lowest BCUT2D eigenvalue weighted by atomic mass is 10.0. The number of aryl methyl sites for hydroxylation is 3. The van der Waals surface area contributed by atoms with E-state index in [-0.39, 0.29) is 5.91 Å². The van der Waals surface area contributed by atoms with E-state index in [0.29, 0.717) is 38.5 Å². The van der Waals surface area contributed by atoms with Gasteiger partial charge in [-0.3, -0.25) is 4.79 Å². The van der Waals surface area contributed by atoms with Crippen LogP contribution in [0.4, 0.5) is 0 Å². The van der Waals surface area contributed by atoms with Crippen molar-refractivity contribution >= 4 is 5.91 Å². The monoisotopic (exact) mass is 359 g/mol. The van der Waals surface area contributed by atoms with Crippen molar-refractivity contribution in [2.75, 3.05) is 26.8 Å². The van der Waals surface area contributed by atoms with Gasteiger partial charge in [0.15, 0.2) is 0 Å². The van der Waals surface area contributed by atoms with Gasteiger partial charge in [0.25, 0.3) is 0 Å². The van der Waals surface area contributed by atoms with Gasteiger partial charge in [-0.25, -0.2) is 4.68 Å². The van der Waals surface area contributed by atoms with Crippen LogP contribution in [0.15, 0.2) is 24.3 Å². The number of carbonyl (C=O) groups excluding carboxylic acids is 1. The Bertz CT molecular complexity index is 746. The number of methoxy groups -OCH3 is 1. The zero-order chi connectivity index (χ0) is 18.6. The van der Waals surface area contributed by atoms with Crippen LogP contribution >= 0.6 is 0 Å². The minimum atomic E-state index is -0.467. The summed E-state index contributed by atoms with van der Waals surface area (Å²) in [5.41, 5.74) is 0.722. The van der Waals surface area contributed by atoms with Crippen molar-refractivity contribution in [3.63, 3.8) is 0 Å². The fourth-order valence-electron chi connectivity index (χ4n) is 3.07. The number of likely N-dealkylation sites (tertiary alicyclic amines) is 1. The van der Waals surface area contributed by atoms with Gasteiger partial charge >= 0.3 is 0 Å². The van der Waals surface area contributed by atoms with E-state index in [2.05, 4.69) is 15.5 Å². The lowest BCUT2D eigenvalue weighted by molar-refractivity contribution is -0.132. The lowest BCUT2D eigenvalue weighted by Crippen LogP contribution is -2.42. The number of rotatable bonds is 7. The summed E-state index contributed by atoms with van der Waals surface area (Å²) in [7, 11) is 1.68. The van der Waals surface area contributed by atoms with Gasteiger partial charge < -0.3 is 14.4 Å². The molecule has 0 bridgehead atoms. The van der Waals surface area contributed by atoms with Gasteiger partial charge in [0, 0.05) is 20.1 Å². The van der Waals surface area contributed by atoms with E-state index < -0.39 is 5.60 Å². The number of nitrogens with zero attached hydrogens (tertiary/aromatic N) is 5. The van der Waals surface area contributed by atoms with Crippen LogP contribution in [0.2, 0.25) is 0 Å². The summed E-state index contributed by atoms with van der Waals surface area (Å²) in [5.74, 6) is 1.59. The number of hydrogen-bond donors (Lipinski definition) is 0. The topological polar surface area (TPSA) is 82.4 Å². The number of amides is 1. The van der Waals surface area contributed by atoms with Crippen molar-refractivity contribution in [2.45, 2.75) is 38.8 Å². The molecule has 0 radical (unpaired) electrons. The Morgan fingerprint density at radius 3 is 2.69 bits per heavy atom. The third-order valence-corrected chi connectivity index (χ3v) is 4.87. The molecule has 2 aromatic rings. The fraction of sp³-hybridized carbons (Fsp3) is 0.556. The summed E-state index contributed by atoms with van der Waals surface area (Å²) < 4.78 is 13.3. The van der Waals surface area contributed by atoms with Crippen molar-refractivity contribution in [1.82, 2.24) is 25.1 Å². The van der Waals surface area contributed by atoms with Gasteiger partial charge in [0.1, 0.15) is 23.8 Å². The molecule has 2 heterocycles. The first-order chi connectivity index (χ1) is 12.5. The lowest BCUT2D eigenvalue weighted by Gasteiger charge is -2.28. The molecule has 1 aromatic heterocycles. The first kappa shape index (κ1) is 18.3. The third kappa shape index (κ3) is 4.19. The molecule has 0 spiro atoms. The van der Waals surface area contributed by atoms with Gasteiger partial charge in [0.05, 0.1) is 13.1 Å². The van der Waals surface area contributed by atoms with Gasteiger partial charge in [-0.1, -0.05) is 17.7 Å². The maximum Gasteiger partial charge on any atom is 0.224 e. The van der Waals surface area contributed by atoms with Crippen molar-refractivity contribution in [2.24, 2.45) is 0 Å². The zero-order valence-electron chi connectivity index (χ0n) is 15.5. The molecule has 26 heavy (non-hydrogen) atoms. The summed E-state index contributed by atoms with van der Waals surface area (Å²) in [6.45, 7) is 5.95. The summed E-state index contributed by atoms with van der Waals surface area (Å²) >= 11 is 0. The van der Waals surface area contributed by atoms with Crippen molar-refractivity contribution in [3.8, 4) is 5.75 Å². The Labute approximate surface area is 153 Å². The minimum Gasteiger partial charge on any atom is -0.491 e. The van der Waals surface area contributed by atoms with Crippen molar-refractivity contribution in [3.05, 3.63) is 35.7 Å². The molecule has 8 nitrogen and oxygen atoms in total. The van der Waals surface area contributed by atoms with Crippen LogP contribution in [0.5, 0.6) is 5.75 Å². The predicted molar refractivity (Wildman–Crippen MR) is 94.8 cm³/mol. The van der Waals surface area contributed by atoms with Crippen LogP contribution in [0.1, 0.15) is 24.2 Å². The molecule has 1 aromatic carbocycles. The van der Waals surface area contributed by atoms with E-state index >= 15 is 0 Å². The van der Waals surface area contributed by atoms with E-state index in [9.17, 15) is 4.79 Å². The predicted octanol–water partition coefficient (Wildman–Crippen LogP) is 1.38. The molecular formula is C18H25N5O3. The molecule has 0 unspecified atom stereocenters. The summed E-state index contributed by atoms with van der Waals surface area (Å²) in [6, 6.07) is 7.93. The van der Waals surface area contributed by atoms with Crippen LogP contribution in [-0.2, 0) is 16.1 Å². The van der Waals surface area contributed by atoms with Crippen molar-refractivity contribution < 1.29 is 14.3 Å². The smallest absolute Gasteiger partial charge is 0.224 e. The molecule has 1 aliphatic rings. The van der Waals surface area contributed by atoms with Crippen LogP contribution < -0.4 is 4.74 Å². The SMILES string of the molecule is CO[C@]1(COc2ccc(C)cc2)CCN(C(=O)CCn2nnnc2C)C1. The number of hydrogen-bond acceptors (Lipinski definition) is 6. The molecule has 0 N–H and O–H groups in total. The highest BCUT2D eigenvalue weighted by Gasteiger charge is 2.41. The van der Waals surface area contributed by atoms with Crippen molar-refractivity contribution in [1.29, 1.82) is 0 Å². The highest BCUT2D eigenvalue weighted by Crippen LogP contribution is 2.27. The number of carbonyl (C=O) groups is 1. The first-order valence-corrected chi connectivity index (χ1v) is 8.76. The molecular weight excluding hydrogens is 334 g/mol. The minimum absolute atomic E-state index is 0.0779. The molecule has 1 aliphatic heterocycles. The molecule has 1 saturated heterocycles. The quantitative estimate of drug-likeness (QED) is 0.743. The van der Waals surface area contributed by atoms with E-state index in [4.69, 9.17) is 9.47 Å². The van der Waals surface area contributed by atoms with E-state index in [1.807, 2.05) is 43.0 Å². The molecule has 3 rings (SSSR count). The second-order valence-corrected chi connectivity index (χ2v) is 6.75. The fourth-order valence-corrected chi connectivity index (χ4v) is 3.07. The number of tetrazole rings is 1. The van der Waals surface area contributed by atoms with Crippen LogP contribution in [0.25, 0.3) is 0 Å². The Morgan fingerprint density at radius 2 is 2.04 bits per heavy atom. The van der Waals surface area contributed by atoms with Gasteiger partial charge in [0.2, 0.25) is 5.91 Å². The van der Waals surface area contributed by atoms with E-state index in [0.717, 1.165) is 12.2 Å². The van der Waals surface area contributed by atoms with E-state index in [1.165, 1.54) is 5.56 Å². The maximum absolute atomic E-state index is 12.5. The highest BCUT2D eigenvalue weighted by molar-refractivity contribution is 5.76. The Balaban J connectivity index is 1.53. The number of aromatic nitrogens is 4. The molecule has 140 valence electrons. The largest absolute Gasteiger partial charge is 0.491 e. The molecule has 8 heteroatoms. The van der Waals surface area contributed by atoms with E-state index in [1.54, 1.807) is 11.8 Å². The van der Waals surface area contributed by atoms with Gasteiger partial charge in [-0.05, 0) is 42.8 Å². The van der Waals surface area contributed by atoms with Crippen LogP contribution in [0, 0.1) is 13.8 Å². The first-order valence-electron chi connectivity index (χ1n) is 8.76. The molecule has 0 saturated carbocycles. The zero-order valence-corrected chi connectivity index (χ0v) is 15.5. The average molecular weight is 359 g/mol. The maximum atomic E-state index is 12.5. The van der Waals surface area contributed by atoms with Crippen LogP contribution in [-0.4, -0.2) is 63.4 Å². The number of ether oxygens (including phenoxy) is 2. The molecule has 1 amide bonds.